The van der Waals surface area contributed by atoms with Crippen molar-refractivity contribution >= 4 is 6.09 Å². The van der Waals surface area contributed by atoms with E-state index >= 15 is 0 Å². The summed E-state index contributed by atoms with van der Waals surface area (Å²) in [5.41, 5.74) is 4.96. The highest BCUT2D eigenvalue weighted by molar-refractivity contribution is 5.79. The van der Waals surface area contributed by atoms with E-state index in [-0.39, 0.29) is 18.1 Å². The van der Waals surface area contributed by atoms with Gasteiger partial charge in [-0.1, -0.05) is 48.5 Å². The number of hydrogen-bond donors (Lipinski definition) is 0. The monoisotopic (exact) mass is 323 g/mol. The van der Waals surface area contributed by atoms with Gasteiger partial charge < -0.3 is 14.4 Å². The maximum Gasteiger partial charge on any atom is 0.410 e. The summed E-state index contributed by atoms with van der Waals surface area (Å²) in [4.78, 5) is 14.2. The summed E-state index contributed by atoms with van der Waals surface area (Å²) in [5, 5.41) is 0. The molecule has 1 fully saturated rings. The minimum absolute atomic E-state index is 0.0643. The number of carbonyl (C=O) groups is 1. The molecule has 0 radical (unpaired) electrons. The van der Waals surface area contributed by atoms with Gasteiger partial charge in [0.05, 0.1) is 19.3 Å². The molecule has 4 nitrogen and oxygen atoms in total. The highest BCUT2D eigenvalue weighted by atomic mass is 16.6. The SMILES string of the molecule is CC1COCCN1C(=O)OCC1c2ccccc2-c2ccccc21. The first-order chi connectivity index (χ1) is 11.8. The number of rotatable bonds is 2. The molecule has 0 spiro atoms. The quantitative estimate of drug-likeness (QED) is 0.847. The predicted octanol–water partition coefficient (Wildman–Crippen LogP) is 3.66. The average Bonchev–Trinajstić information content (AvgIpc) is 2.94. The van der Waals surface area contributed by atoms with Gasteiger partial charge in [0.15, 0.2) is 0 Å². The van der Waals surface area contributed by atoms with Gasteiger partial charge in [0.2, 0.25) is 0 Å². The molecule has 0 bridgehead atoms. The van der Waals surface area contributed by atoms with Gasteiger partial charge in [-0.3, -0.25) is 0 Å². The molecule has 4 rings (SSSR count). The smallest absolute Gasteiger partial charge is 0.410 e. The van der Waals surface area contributed by atoms with Crippen LogP contribution in [0.2, 0.25) is 0 Å². The molecule has 1 atom stereocenters. The lowest BCUT2D eigenvalue weighted by molar-refractivity contribution is -0.00357. The van der Waals surface area contributed by atoms with Crippen LogP contribution in [0.1, 0.15) is 24.0 Å². The van der Waals surface area contributed by atoms with Crippen molar-refractivity contribution in [1.82, 2.24) is 4.90 Å². The zero-order valence-electron chi connectivity index (χ0n) is 13.8. The fourth-order valence-electron chi connectivity index (χ4n) is 3.68. The predicted molar refractivity (Wildman–Crippen MR) is 92.1 cm³/mol. The Kier molecular flexibility index (Phi) is 3.98. The molecule has 4 heteroatoms. The third-order valence-electron chi connectivity index (χ3n) is 4.94. The first-order valence-corrected chi connectivity index (χ1v) is 8.45. The Balaban J connectivity index is 1.53. The summed E-state index contributed by atoms with van der Waals surface area (Å²) in [6.45, 7) is 4.11. The molecule has 0 saturated carbocycles. The summed E-state index contributed by atoms with van der Waals surface area (Å²) in [6, 6.07) is 16.8. The normalized spacial score (nSPS) is 19.7. The van der Waals surface area contributed by atoms with Gasteiger partial charge in [0, 0.05) is 12.5 Å². The maximum absolute atomic E-state index is 12.4. The Morgan fingerprint density at radius 3 is 2.38 bits per heavy atom. The fraction of sp³-hybridized carbons (Fsp3) is 0.350. The molecule has 1 amide bonds. The van der Waals surface area contributed by atoms with Crippen molar-refractivity contribution < 1.29 is 14.3 Å². The number of ether oxygens (including phenoxy) is 2. The van der Waals surface area contributed by atoms with E-state index < -0.39 is 0 Å². The molecule has 24 heavy (non-hydrogen) atoms. The van der Waals surface area contributed by atoms with Crippen LogP contribution in [0.15, 0.2) is 48.5 Å². The number of carbonyl (C=O) groups excluding carboxylic acids is 1. The van der Waals surface area contributed by atoms with Gasteiger partial charge in [-0.25, -0.2) is 4.79 Å². The molecular formula is C20H21NO3. The Morgan fingerprint density at radius 1 is 1.12 bits per heavy atom. The van der Waals surface area contributed by atoms with Gasteiger partial charge in [-0.15, -0.1) is 0 Å². The van der Waals surface area contributed by atoms with E-state index in [0.717, 1.165) is 0 Å². The van der Waals surface area contributed by atoms with Crippen LogP contribution in [-0.2, 0) is 9.47 Å². The summed E-state index contributed by atoms with van der Waals surface area (Å²) in [6.07, 6.45) is -0.243. The van der Waals surface area contributed by atoms with Crippen LogP contribution in [0.3, 0.4) is 0 Å². The average molecular weight is 323 g/mol. The van der Waals surface area contributed by atoms with Crippen LogP contribution in [0.5, 0.6) is 0 Å². The molecule has 2 aromatic rings. The molecule has 124 valence electrons. The zero-order valence-corrected chi connectivity index (χ0v) is 13.8. The first kappa shape index (κ1) is 15.2. The van der Waals surface area contributed by atoms with Crippen molar-refractivity contribution in [1.29, 1.82) is 0 Å². The fourth-order valence-corrected chi connectivity index (χ4v) is 3.68. The van der Waals surface area contributed by atoms with E-state index in [2.05, 4.69) is 36.4 Å². The second-order valence-electron chi connectivity index (χ2n) is 6.42. The van der Waals surface area contributed by atoms with Crippen molar-refractivity contribution in [3.8, 4) is 11.1 Å². The van der Waals surface area contributed by atoms with E-state index in [1.54, 1.807) is 4.90 Å². The minimum atomic E-state index is -0.243. The largest absolute Gasteiger partial charge is 0.448 e. The van der Waals surface area contributed by atoms with Crippen molar-refractivity contribution in [2.24, 2.45) is 0 Å². The molecular weight excluding hydrogens is 302 g/mol. The molecule has 1 unspecified atom stereocenters. The van der Waals surface area contributed by atoms with E-state index in [4.69, 9.17) is 9.47 Å². The number of nitrogens with zero attached hydrogens (tertiary/aromatic N) is 1. The second kappa shape index (κ2) is 6.29. The number of amides is 1. The Bertz CT molecular complexity index is 713. The molecule has 1 aliphatic heterocycles. The van der Waals surface area contributed by atoms with Crippen molar-refractivity contribution in [3.63, 3.8) is 0 Å². The molecule has 2 aromatic carbocycles. The van der Waals surface area contributed by atoms with E-state index in [1.165, 1.54) is 22.3 Å². The van der Waals surface area contributed by atoms with Crippen LogP contribution in [0, 0.1) is 0 Å². The van der Waals surface area contributed by atoms with E-state index in [9.17, 15) is 4.79 Å². The Hall–Kier alpha value is -2.33. The highest BCUT2D eigenvalue weighted by Gasteiger charge is 2.31. The number of fused-ring (bicyclic) bond motifs is 3. The topological polar surface area (TPSA) is 38.8 Å². The molecule has 1 aliphatic carbocycles. The van der Waals surface area contributed by atoms with E-state index in [1.807, 2.05) is 19.1 Å². The number of morpholine rings is 1. The van der Waals surface area contributed by atoms with Crippen molar-refractivity contribution in [3.05, 3.63) is 59.7 Å². The minimum Gasteiger partial charge on any atom is -0.448 e. The Labute approximate surface area is 142 Å². The van der Waals surface area contributed by atoms with Gasteiger partial charge in [0.25, 0.3) is 0 Å². The van der Waals surface area contributed by atoms with Crippen LogP contribution >= 0.6 is 0 Å². The van der Waals surface area contributed by atoms with Gasteiger partial charge >= 0.3 is 6.09 Å². The second-order valence-corrected chi connectivity index (χ2v) is 6.42. The summed E-state index contributed by atoms with van der Waals surface area (Å²) in [5.74, 6) is 0.109. The van der Waals surface area contributed by atoms with Gasteiger partial charge in [0.1, 0.15) is 6.61 Å². The standard InChI is InChI=1S/C20H21NO3/c1-14-12-23-11-10-21(14)20(22)24-13-19-17-8-4-2-6-15(17)16-7-3-5-9-18(16)19/h2-9,14,19H,10-13H2,1H3. The number of hydrogen-bond acceptors (Lipinski definition) is 3. The molecule has 1 heterocycles. The van der Waals surface area contributed by atoms with Gasteiger partial charge in [-0.05, 0) is 29.2 Å². The lowest BCUT2D eigenvalue weighted by Crippen LogP contribution is -2.47. The van der Waals surface area contributed by atoms with Crippen LogP contribution < -0.4 is 0 Å². The van der Waals surface area contributed by atoms with Crippen molar-refractivity contribution in [2.45, 2.75) is 18.9 Å². The third-order valence-corrected chi connectivity index (χ3v) is 4.94. The Morgan fingerprint density at radius 2 is 1.75 bits per heavy atom. The summed E-state index contributed by atoms with van der Waals surface area (Å²) in [7, 11) is 0. The molecule has 1 saturated heterocycles. The highest BCUT2D eigenvalue weighted by Crippen LogP contribution is 2.44. The molecule has 0 aromatic heterocycles. The molecule has 0 N–H and O–H groups in total. The maximum atomic E-state index is 12.4. The van der Waals surface area contributed by atoms with Crippen LogP contribution in [0.4, 0.5) is 4.79 Å². The third kappa shape index (κ3) is 2.57. The van der Waals surface area contributed by atoms with Crippen LogP contribution in [-0.4, -0.2) is 43.4 Å². The lowest BCUT2D eigenvalue weighted by Gasteiger charge is -2.32. The van der Waals surface area contributed by atoms with Crippen molar-refractivity contribution in [2.75, 3.05) is 26.4 Å². The number of benzene rings is 2. The van der Waals surface area contributed by atoms with E-state index in [0.29, 0.717) is 26.4 Å². The van der Waals surface area contributed by atoms with Gasteiger partial charge in [-0.2, -0.15) is 0 Å². The molecule has 2 aliphatic rings. The first-order valence-electron chi connectivity index (χ1n) is 8.45. The van der Waals surface area contributed by atoms with Crippen LogP contribution in [0.25, 0.3) is 11.1 Å². The summed E-state index contributed by atoms with van der Waals surface area (Å²) < 4.78 is 11.1. The zero-order chi connectivity index (χ0) is 16.5. The lowest BCUT2D eigenvalue weighted by atomic mass is 9.98. The summed E-state index contributed by atoms with van der Waals surface area (Å²) >= 11 is 0.